The first kappa shape index (κ1) is 9.70. The zero-order valence-corrected chi connectivity index (χ0v) is 9.15. The first-order chi connectivity index (χ1) is 6.36. The van der Waals surface area contributed by atoms with E-state index in [0.29, 0.717) is 0 Å². The Bertz CT molecular complexity index is 185. The molecule has 0 bridgehead atoms. The molecule has 2 aliphatic rings. The van der Waals surface area contributed by atoms with E-state index < -0.39 is 10.8 Å². The quantitative estimate of drug-likeness (QED) is 0.636. The van der Waals surface area contributed by atoms with Crippen molar-refractivity contribution in [3.05, 3.63) is 0 Å². The second-order valence-corrected chi connectivity index (χ2v) is 6.23. The molecular formula is C11H20OS. The van der Waals surface area contributed by atoms with Crippen LogP contribution in [0.15, 0.2) is 0 Å². The van der Waals surface area contributed by atoms with Gasteiger partial charge in [-0.15, -0.1) is 0 Å². The summed E-state index contributed by atoms with van der Waals surface area (Å²) in [5, 5.41) is 0. The fraction of sp³-hybridized carbons (Fsp3) is 1.00. The summed E-state index contributed by atoms with van der Waals surface area (Å²) in [6, 6.07) is 0. The van der Waals surface area contributed by atoms with Crippen LogP contribution in [0.5, 0.6) is 0 Å². The lowest BCUT2D eigenvalue weighted by Gasteiger charge is -2.32. The number of rotatable bonds is 1. The van der Waals surface area contributed by atoms with Crippen molar-refractivity contribution in [2.24, 2.45) is 11.8 Å². The SMILES string of the molecule is O=S1CCCC(C2CCCCC2)C1. The summed E-state index contributed by atoms with van der Waals surface area (Å²) in [4.78, 5) is 0. The van der Waals surface area contributed by atoms with Crippen LogP contribution in [-0.2, 0) is 10.8 Å². The summed E-state index contributed by atoms with van der Waals surface area (Å²) in [7, 11) is -0.472. The fourth-order valence-corrected chi connectivity index (χ4v) is 4.46. The molecule has 2 unspecified atom stereocenters. The third kappa shape index (κ3) is 2.55. The molecule has 2 heteroatoms. The maximum Gasteiger partial charge on any atom is 0.0265 e. The molecule has 2 rings (SSSR count). The molecule has 0 spiro atoms. The van der Waals surface area contributed by atoms with Gasteiger partial charge in [0.2, 0.25) is 0 Å². The Balaban J connectivity index is 1.87. The normalized spacial score (nSPS) is 37.5. The van der Waals surface area contributed by atoms with E-state index in [4.69, 9.17) is 0 Å². The van der Waals surface area contributed by atoms with Gasteiger partial charge < -0.3 is 0 Å². The monoisotopic (exact) mass is 200 g/mol. The molecule has 0 aromatic carbocycles. The first-order valence-electron chi connectivity index (χ1n) is 5.71. The summed E-state index contributed by atoms with van der Waals surface area (Å²) in [5.41, 5.74) is 0. The van der Waals surface area contributed by atoms with Crippen molar-refractivity contribution in [2.45, 2.75) is 44.9 Å². The van der Waals surface area contributed by atoms with E-state index in [1.807, 2.05) is 0 Å². The van der Waals surface area contributed by atoms with Crippen molar-refractivity contribution in [3.63, 3.8) is 0 Å². The van der Waals surface area contributed by atoms with Crippen molar-refractivity contribution < 1.29 is 4.21 Å². The minimum atomic E-state index is -0.472. The van der Waals surface area contributed by atoms with Crippen molar-refractivity contribution in [1.29, 1.82) is 0 Å². The smallest absolute Gasteiger partial charge is 0.0265 e. The van der Waals surface area contributed by atoms with E-state index >= 15 is 0 Å². The summed E-state index contributed by atoms with van der Waals surface area (Å²) in [6.07, 6.45) is 9.70. The van der Waals surface area contributed by atoms with E-state index in [2.05, 4.69) is 0 Å². The first-order valence-corrected chi connectivity index (χ1v) is 7.20. The predicted molar refractivity (Wildman–Crippen MR) is 57.2 cm³/mol. The fourth-order valence-electron chi connectivity index (χ4n) is 2.89. The molecule has 1 saturated carbocycles. The van der Waals surface area contributed by atoms with Gasteiger partial charge in [-0.25, -0.2) is 0 Å². The summed E-state index contributed by atoms with van der Waals surface area (Å²) in [5.74, 6) is 3.74. The van der Waals surface area contributed by atoms with Gasteiger partial charge in [-0.05, 0) is 24.7 Å². The molecule has 2 fully saturated rings. The Labute approximate surface area is 83.8 Å². The Morgan fingerprint density at radius 2 is 1.54 bits per heavy atom. The van der Waals surface area contributed by atoms with Crippen molar-refractivity contribution in [3.8, 4) is 0 Å². The van der Waals surface area contributed by atoms with E-state index in [0.717, 1.165) is 23.3 Å². The highest BCUT2D eigenvalue weighted by Crippen LogP contribution is 2.34. The maximum absolute atomic E-state index is 11.4. The Morgan fingerprint density at radius 1 is 0.846 bits per heavy atom. The molecule has 1 heterocycles. The standard InChI is InChI=1S/C11H20OS/c12-13-8-4-7-11(9-13)10-5-2-1-3-6-10/h10-11H,1-9H2. The highest BCUT2D eigenvalue weighted by Gasteiger charge is 2.27. The van der Waals surface area contributed by atoms with Gasteiger partial charge in [-0.1, -0.05) is 32.1 Å². The molecule has 1 aliphatic heterocycles. The van der Waals surface area contributed by atoms with Gasteiger partial charge in [-0.3, -0.25) is 4.21 Å². The van der Waals surface area contributed by atoms with E-state index in [1.54, 1.807) is 0 Å². The van der Waals surface area contributed by atoms with E-state index in [9.17, 15) is 4.21 Å². The van der Waals surface area contributed by atoms with Gasteiger partial charge in [0.25, 0.3) is 0 Å². The molecule has 13 heavy (non-hydrogen) atoms. The van der Waals surface area contributed by atoms with Gasteiger partial charge in [0.05, 0.1) is 0 Å². The van der Waals surface area contributed by atoms with Gasteiger partial charge in [-0.2, -0.15) is 0 Å². The maximum atomic E-state index is 11.4. The van der Waals surface area contributed by atoms with Crippen LogP contribution in [0.4, 0.5) is 0 Å². The molecule has 0 N–H and O–H groups in total. The highest BCUT2D eigenvalue weighted by atomic mass is 32.2. The number of hydrogen-bond donors (Lipinski definition) is 0. The molecule has 0 amide bonds. The lowest BCUT2D eigenvalue weighted by molar-refractivity contribution is 0.250. The van der Waals surface area contributed by atoms with Crippen LogP contribution in [0, 0.1) is 11.8 Å². The zero-order chi connectivity index (χ0) is 9.10. The Morgan fingerprint density at radius 3 is 2.23 bits per heavy atom. The van der Waals surface area contributed by atoms with Gasteiger partial charge in [0, 0.05) is 22.3 Å². The van der Waals surface area contributed by atoms with E-state index in [-0.39, 0.29) is 0 Å². The lowest BCUT2D eigenvalue weighted by atomic mass is 9.79. The van der Waals surface area contributed by atoms with E-state index in [1.165, 1.54) is 44.9 Å². The minimum Gasteiger partial charge on any atom is -0.260 e. The van der Waals surface area contributed by atoms with Crippen LogP contribution in [-0.4, -0.2) is 15.7 Å². The summed E-state index contributed by atoms with van der Waals surface area (Å²) in [6.45, 7) is 0. The van der Waals surface area contributed by atoms with Crippen molar-refractivity contribution in [2.75, 3.05) is 11.5 Å². The van der Waals surface area contributed by atoms with Crippen molar-refractivity contribution in [1.82, 2.24) is 0 Å². The second-order valence-electron chi connectivity index (χ2n) is 4.61. The van der Waals surface area contributed by atoms with Crippen LogP contribution >= 0.6 is 0 Å². The molecule has 1 aliphatic carbocycles. The Hall–Kier alpha value is 0.150. The molecule has 0 aromatic rings. The third-order valence-electron chi connectivity index (χ3n) is 3.66. The largest absolute Gasteiger partial charge is 0.260 e. The molecule has 0 aromatic heterocycles. The molecule has 0 radical (unpaired) electrons. The molecular weight excluding hydrogens is 180 g/mol. The molecule has 1 nitrogen and oxygen atoms in total. The topological polar surface area (TPSA) is 17.1 Å². The van der Waals surface area contributed by atoms with Crippen LogP contribution < -0.4 is 0 Å². The molecule has 1 saturated heterocycles. The van der Waals surface area contributed by atoms with Crippen LogP contribution in [0.2, 0.25) is 0 Å². The van der Waals surface area contributed by atoms with Gasteiger partial charge in [0.15, 0.2) is 0 Å². The highest BCUT2D eigenvalue weighted by molar-refractivity contribution is 7.85. The third-order valence-corrected chi connectivity index (χ3v) is 5.21. The zero-order valence-electron chi connectivity index (χ0n) is 8.34. The average molecular weight is 200 g/mol. The second kappa shape index (κ2) is 4.59. The lowest BCUT2D eigenvalue weighted by Crippen LogP contribution is -2.28. The van der Waals surface area contributed by atoms with Gasteiger partial charge >= 0.3 is 0 Å². The predicted octanol–water partition coefficient (Wildman–Crippen LogP) is 2.73. The molecule has 2 atom stereocenters. The minimum absolute atomic E-state index is 0.472. The van der Waals surface area contributed by atoms with Gasteiger partial charge in [0.1, 0.15) is 0 Å². The average Bonchev–Trinajstić information content (AvgIpc) is 2.19. The number of hydrogen-bond acceptors (Lipinski definition) is 1. The summed E-state index contributed by atoms with van der Waals surface area (Å²) >= 11 is 0. The summed E-state index contributed by atoms with van der Waals surface area (Å²) < 4.78 is 11.4. The van der Waals surface area contributed by atoms with Crippen LogP contribution in [0.25, 0.3) is 0 Å². The van der Waals surface area contributed by atoms with Crippen molar-refractivity contribution >= 4 is 10.8 Å². The Kier molecular flexibility index (Phi) is 3.42. The molecule has 76 valence electrons. The van der Waals surface area contributed by atoms with Crippen LogP contribution in [0.1, 0.15) is 44.9 Å². The van der Waals surface area contributed by atoms with Crippen LogP contribution in [0.3, 0.4) is 0 Å².